The van der Waals surface area contributed by atoms with Gasteiger partial charge in [-0.05, 0) is 36.8 Å². The van der Waals surface area contributed by atoms with Crippen LogP contribution in [0.4, 0.5) is 5.69 Å². The molecule has 8 nitrogen and oxygen atoms in total. The van der Waals surface area contributed by atoms with Crippen molar-refractivity contribution in [2.24, 2.45) is 4.99 Å². The molecule has 0 amide bonds. The van der Waals surface area contributed by atoms with Gasteiger partial charge in [-0.2, -0.15) is 0 Å². The quantitative estimate of drug-likeness (QED) is 0.175. The number of carbonyl (C=O) groups excluding carboxylic acids is 1. The smallest absolute Gasteiger partial charge is 0.363 e. The standard InChI is InChI=1S/C21H16Cl2N2O6/c1-3-7-30-19-16(23)8-12(10-18(19)29-4-2)9-17-21(26)31-20(24-17)14-11-13(25(27)28)5-6-15(14)22/h3,5-6,8-11H,1,4,7H2,2H3/b17-9-. The molecule has 0 bridgehead atoms. The summed E-state index contributed by atoms with van der Waals surface area (Å²) in [6.45, 7) is 6.02. The van der Waals surface area contributed by atoms with Crippen LogP contribution >= 0.6 is 23.2 Å². The van der Waals surface area contributed by atoms with Crippen molar-refractivity contribution in [2.75, 3.05) is 13.2 Å². The van der Waals surface area contributed by atoms with E-state index in [0.717, 1.165) is 0 Å². The second-order valence-corrected chi connectivity index (χ2v) is 6.93. The van der Waals surface area contributed by atoms with Gasteiger partial charge in [0.1, 0.15) is 6.61 Å². The molecular formula is C21H16Cl2N2O6. The Morgan fingerprint density at radius 2 is 2.00 bits per heavy atom. The minimum atomic E-state index is -0.737. The van der Waals surface area contributed by atoms with Crippen molar-refractivity contribution >= 4 is 46.8 Å². The summed E-state index contributed by atoms with van der Waals surface area (Å²) in [6.07, 6.45) is 3.03. The van der Waals surface area contributed by atoms with Crippen molar-refractivity contribution < 1.29 is 23.9 Å². The van der Waals surface area contributed by atoms with Gasteiger partial charge in [0, 0.05) is 12.1 Å². The fourth-order valence-electron chi connectivity index (χ4n) is 2.69. The largest absolute Gasteiger partial charge is 0.490 e. The zero-order valence-electron chi connectivity index (χ0n) is 16.3. The molecule has 0 atom stereocenters. The molecule has 2 aromatic carbocycles. The number of rotatable bonds is 8. The van der Waals surface area contributed by atoms with E-state index >= 15 is 0 Å². The van der Waals surface area contributed by atoms with Crippen LogP contribution in [-0.2, 0) is 9.53 Å². The number of nitro groups is 1. The number of hydrogen-bond donors (Lipinski definition) is 0. The van der Waals surface area contributed by atoms with E-state index in [1.807, 2.05) is 6.92 Å². The lowest BCUT2D eigenvalue weighted by molar-refractivity contribution is -0.384. The molecule has 160 valence electrons. The Morgan fingerprint density at radius 1 is 1.23 bits per heavy atom. The number of ether oxygens (including phenoxy) is 3. The first kappa shape index (κ1) is 22.3. The summed E-state index contributed by atoms with van der Waals surface area (Å²) in [4.78, 5) is 26.9. The Hall–Kier alpha value is -3.36. The van der Waals surface area contributed by atoms with E-state index in [1.54, 1.807) is 18.2 Å². The van der Waals surface area contributed by atoms with E-state index in [9.17, 15) is 14.9 Å². The summed E-state index contributed by atoms with van der Waals surface area (Å²) in [5.41, 5.74) is 0.407. The molecule has 31 heavy (non-hydrogen) atoms. The predicted molar refractivity (Wildman–Crippen MR) is 117 cm³/mol. The number of hydrogen-bond acceptors (Lipinski definition) is 7. The van der Waals surface area contributed by atoms with Crippen LogP contribution in [0.3, 0.4) is 0 Å². The van der Waals surface area contributed by atoms with Crippen LogP contribution in [0.5, 0.6) is 11.5 Å². The van der Waals surface area contributed by atoms with E-state index in [0.29, 0.717) is 23.7 Å². The predicted octanol–water partition coefficient (Wildman–Crippen LogP) is 5.21. The number of nitrogens with zero attached hydrogens (tertiary/aromatic N) is 2. The van der Waals surface area contributed by atoms with Crippen LogP contribution in [0.15, 0.2) is 53.7 Å². The highest BCUT2D eigenvalue weighted by molar-refractivity contribution is 6.34. The number of aliphatic imine (C=N–C) groups is 1. The van der Waals surface area contributed by atoms with E-state index in [2.05, 4.69) is 11.6 Å². The van der Waals surface area contributed by atoms with Gasteiger partial charge in [-0.15, -0.1) is 0 Å². The van der Waals surface area contributed by atoms with Crippen LogP contribution in [0, 0.1) is 10.1 Å². The zero-order chi connectivity index (χ0) is 22.5. The van der Waals surface area contributed by atoms with Crippen LogP contribution in [0.1, 0.15) is 18.1 Å². The molecule has 2 aromatic rings. The minimum Gasteiger partial charge on any atom is -0.490 e. The first-order valence-electron chi connectivity index (χ1n) is 9.01. The Balaban J connectivity index is 1.99. The van der Waals surface area contributed by atoms with Crippen LogP contribution in [0.2, 0.25) is 10.0 Å². The van der Waals surface area contributed by atoms with Gasteiger partial charge in [-0.25, -0.2) is 9.79 Å². The minimum absolute atomic E-state index is 0.0316. The maximum atomic E-state index is 12.3. The third-order valence-corrected chi connectivity index (χ3v) is 4.60. The van der Waals surface area contributed by atoms with Gasteiger partial charge in [-0.1, -0.05) is 35.9 Å². The summed E-state index contributed by atoms with van der Waals surface area (Å²) in [7, 11) is 0. The second-order valence-electron chi connectivity index (χ2n) is 6.12. The van der Waals surface area contributed by atoms with E-state index < -0.39 is 10.9 Å². The molecule has 10 heteroatoms. The molecule has 0 aliphatic carbocycles. The Morgan fingerprint density at radius 3 is 2.68 bits per heavy atom. The highest BCUT2D eigenvalue weighted by Gasteiger charge is 2.27. The van der Waals surface area contributed by atoms with Crippen LogP contribution in [0.25, 0.3) is 6.08 Å². The van der Waals surface area contributed by atoms with E-state index in [1.165, 1.54) is 24.3 Å². The fraction of sp³-hybridized carbons (Fsp3) is 0.143. The molecule has 0 unspecified atom stereocenters. The summed E-state index contributed by atoms with van der Waals surface area (Å²) < 4.78 is 16.3. The Kier molecular flexibility index (Phi) is 6.94. The lowest BCUT2D eigenvalue weighted by atomic mass is 10.1. The topological polar surface area (TPSA) is 100 Å². The van der Waals surface area contributed by atoms with Crippen molar-refractivity contribution in [3.8, 4) is 11.5 Å². The number of non-ortho nitro benzene ring substituents is 1. The molecule has 1 aliphatic heterocycles. The van der Waals surface area contributed by atoms with Gasteiger partial charge < -0.3 is 14.2 Å². The van der Waals surface area contributed by atoms with Crippen LogP contribution < -0.4 is 9.47 Å². The number of nitro benzene ring substituents is 1. The monoisotopic (exact) mass is 462 g/mol. The van der Waals surface area contributed by atoms with Crippen molar-refractivity contribution in [3.05, 3.63) is 80.0 Å². The SMILES string of the molecule is C=CCOc1c(Cl)cc(/C=C2\N=C(c3cc([N+](=O)[O-])ccc3Cl)OC2=O)cc1OCC. The molecule has 1 aliphatic rings. The van der Waals surface area contributed by atoms with E-state index in [-0.39, 0.29) is 39.5 Å². The van der Waals surface area contributed by atoms with Gasteiger partial charge in [0.05, 0.1) is 27.1 Å². The number of halogens is 2. The molecule has 0 radical (unpaired) electrons. The molecule has 1 heterocycles. The molecule has 0 N–H and O–H groups in total. The zero-order valence-corrected chi connectivity index (χ0v) is 17.8. The third-order valence-electron chi connectivity index (χ3n) is 3.99. The number of benzene rings is 2. The average molecular weight is 463 g/mol. The first-order chi connectivity index (χ1) is 14.8. The molecule has 3 rings (SSSR count). The molecule has 0 spiro atoms. The van der Waals surface area contributed by atoms with Gasteiger partial charge >= 0.3 is 5.97 Å². The van der Waals surface area contributed by atoms with Crippen molar-refractivity contribution in [1.29, 1.82) is 0 Å². The number of esters is 1. The highest BCUT2D eigenvalue weighted by Crippen LogP contribution is 2.38. The summed E-state index contributed by atoms with van der Waals surface area (Å²) >= 11 is 12.4. The normalized spacial score (nSPS) is 14.2. The fourth-order valence-corrected chi connectivity index (χ4v) is 3.16. The average Bonchev–Trinajstić information content (AvgIpc) is 3.08. The molecular weight excluding hydrogens is 447 g/mol. The van der Waals surface area contributed by atoms with E-state index in [4.69, 9.17) is 37.4 Å². The van der Waals surface area contributed by atoms with Crippen LogP contribution in [-0.4, -0.2) is 30.0 Å². The van der Waals surface area contributed by atoms with Gasteiger partial charge in [0.25, 0.3) is 5.69 Å². The lowest BCUT2D eigenvalue weighted by Crippen LogP contribution is -2.06. The maximum absolute atomic E-state index is 12.3. The van der Waals surface area contributed by atoms with Gasteiger partial charge in [0.15, 0.2) is 17.2 Å². The summed E-state index contributed by atoms with van der Waals surface area (Å²) in [5, 5.41) is 11.5. The van der Waals surface area contributed by atoms with Gasteiger partial charge in [0.2, 0.25) is 5.90 Å². The molecule has 0 saturated heterocycles. The maximum Gasteiger partial charge on any atom is 0.363 e. The van der Waals surface area contributed by atoms with Gasteiger partial charge in [-0.3, -0.25) is 10.1 Å². The molecule has 0 fully saturated rings. The molecule has 0 aromatic heterocycles. The Labute approximate surface area is 187 Å². The van der Waals surface area contributed by atoms with Crippen molar-refractivity contribution in [2.45, 2.75) is 6.92 Å². The highest BCUT2D eigenvalue weighted by atomic mass is 35.5. The summed E-state index contributed by atoms with van der Waals surface area (Å²) in [5.74, 6) is -0.126. The third kappa shape index (κ3) is 5.04. The second kappa shape index (κ2) is 9.63. The van der Waals surface area contributed by atoms with Crippen molar-refractivity contribution in [1.82, 2.24) is 0 Å². The number of carbonyl (C=O) groups is 1. The lowest BCUT2D eigenvalue weighted by Gasteiger charge is -2.13. The Bertz CT molecular complexity index is 1130. The number of cyclic esters (lactones) is 1. The molecule has 0 saturated carbocycles. The first-order valence-corrected chi connectivity index (χ1v) is 9.76. The van der Waals surface area contributed by atoms with Crippen molar-refractivity contribution in [3.63, 3.8) is 0 Å². The summed E-state index contributed by atoms with van der Waals surface area (Å²) in [6, 6.07) is 6.99.